The van der Waals surface area contributed by atoms with E-state index in [1.165, 1.54) is 12.1 Å². The Kier molecular flexibility index (Phi) is 1.98. The molecule has 0 radical (unpaired) electrons. The Balaban J connectivity index is 1.80. The van der Waals surface area contributed by atoms with Crippen LogP contribution in [0.3, 0.4) is 0 Å². The minimum atomic E-state index is 0.453. The summed E-state index contributed by atoms with van der Waals surface area (Å²) in [5.74, 6) is 0.821. The van der Waals surface area contributed by atoms with E-state index in [4.69, 9.17) is 0 Å². The zero-order chi connectivity index (χ0) is 8.39. The Morgan fingerprint density at radius 2 is 2.42 bits per heavy atom. The number of rotatable bonds is 1. The largest absolute Gasteiger partial charge is 0.351 e. The molecule has 0 bridgehead atoms. The average Bonchev–Trinajstić information content (AvgIpc) is 2.32. The topological polar surface area (TPSA) is 48.8 Å². The van der Waals surface area contributed by atoms with Gasteiger partial charge in [0.05, 0.1) is 6.54 Å². The molecular weight excluding hydrogens is 152 g/mol. The summed E-state index contributed by atoms with van der Waals surface area (Å²) in [4.78, 5) is 4.23. The maximum absolute atomic E-state index is 4.23. The lowest BCUT2D eigenvalue weighted by molar-refractivity contribution is 0.713. The van der Waals surface area contributed by atoms with Crippen LogP contribution in [0, 0.1) is 0 Å². The molecule has 1 fully saturated rings. The maximum Gasteiger partial charge on any atom is 0.212 e. The molecule has 0 amide bonds. The highest BCUT2D eigenvalue weighted by Gasteiger charge is 2.13. The van der Waals surface area contributed by atoms with Crippen molar-refractivity contribution in [1.82, 2.24) is 10.7 Å². The molecule has 0 aromatic carbocycles. The molecule has 1 atom stereocenters. The molecule has 0 saturated heterocycles. The van der Waals surface area contributed by atoms with Gasteiger partial charge in [-0.2, -0.15) is 5.10 Å². The van der Waals surface area contributed by atoms with Crippen molar-refractivity contribution in [2.24, 2.45) is 10.1 Å². The zero-order valence-corrected chi connectivity index (χ0v) is 7.30. The van der Waals surface area contributed by atoms with Crippen LogP contribution in [-0.4, -0.2) is 24.3 Å². The van der Waals surface area contributed by atoms with Gasteiger partial charge in [-0.25, -0.2) is 10.4 Å². The number of hydrazone groups is 1. The Labute approximate surface area is 72.1 Å². The molecule has 12 heavy (non-hydrogen) atoms. The van der Waals surface area contributed by atoms with Crippen molar-refractivity contribution < 1.29 is 0 Å². The van der Waals surface area contributed by atoms with Crippen molar-refractivity contribution in [2.45, 2.75) is 32.2 Å². The van der Waals surface area contributed by atoms with Crippen molar-refractivity contribution in [1.29, 1.82) is 0 Å². The Morgan fingerprint density at radius 3 is 2.92 bits per heavy atom. The quantitative estimate of drug-likeness (QED) is 0.556. The number of aliphatic imine (C=N–C) groups is 1. The SMILES string of the molecule is CC1CN=C(NN=C2CCC2)N1. The summed E-state index contributed by atoms with van der Waals surface area (Å²) in [6.07, 6.45) is 3.59. The van der Waals surface area contributed by atoms with E-state index in [9.17, 15) is 0 Å². The van der Waals surface area contributed by atoms with Crippen LogP contribution < -0.4 is 10.7 Å². The van der Waals surface area contributed by atoms with Crippen molar-refractivity contribution in [3.05, 3.63) is 0 Å². The van der Waals surface area contributed by atoms with E-state index < -0.39 is 0 Å². The average molecular weight is 166 g/mol. The highest BCUT2D eigenvalue weighted by Crippen LogP contribution is 2.13. The fraction of sp³-hybridized carbons (Fsp3) is 0.750. The lowest BCUT2D eigenvalue weighted by Gasteiger charge is -2.14. The minimum absolute atomic E-state index is 0.453. The first kappa shape index (κ1) is 7.58. The lowest BCUT2D eigenvalue weighted by atomic mass is 9.98. The molecule has 2 aliphatic rings. The van der Waals surface area contributed by atoms with Gasteiger partial charge in [-0.1, -0.05) is 0 Å². The molecular formula is C8H14N4. The monoisotopic (exact) mass is 166 g/mol. The summed E-state index contributed by atoms with van der Waals surface area (Å²) >= 11 is 0. The van der Waals surface area contributed by atoms with Crippen LogP contribution in [0.1, 0.15) is 26.2 Å². The maximum atomic E-state index is 4.23. The van der Waals surface area contributed by atoms with Gasteiger partial charge in [0.1, 0.15) is 0 Å². The first-order valence-corrected chi connectivity index (χ1v) is 4.47. The van der Waals surface area contributed by atoms with E-state index in [0.29, 0.717) is 6.04 Å². The van der Waals surface area contributed by atoms with Crippen LogP contribution in [0.2, 0.25) is 0 Å². The second-order valence-corrected chi connectivity index (χ2v) is 3.38. The van der Waals surface area contributed by atoms with Gasteiger partial charge in [-0.3, -0.25) is 0 Å². The molecule has 2 N–H and O–H groups in total. The van der Waals surface area contributed by atoms with Gasteiger partial charge in [-0.05, 0) is 26.2 Å². The first-order chi connectivity index (χ1) is 5.84. The second kappa shape index (κ2) is 3.13. The summed E-state index contributed by atoms with van der Waals surface area (Å²) in [7, 11) is 0. The number of hydrogen-bond acceptors (Lipinski definition) is 4. The van der Waals surface area contributed by atoms with Crippen molar-refractivity contribution in [3.8, 4) is 0 Å². The summed E-state index contributed by atoms with van der Waals surface area (Å²) in [6.45, 7) is 2.96. The van der Waals surface area contributed by atoms with E-state index in [-0.39, 0.29) is 0 Å². The Bertz CT molecular complexity index is 225. The molecule has 1 aliphatic heterocycles. The number of nitrogens with zero attached hydrogens (tertiary/aromatic N) is 2. The number of nitrogens with one attached hydrogen (secondary N) is 2. The molecule has 1 unspecified atom stereocenters. The molecule has 1 aliphatic carbocycles. The summed E-state index contributed by atoms with van der Waals surface area (Å²) < 4.78 is 0. The minimum Gasteiger partial charge on any atom is -0.351 e. The lowest BCUT2D eigenvalue weighted by Crippen LogP contribution is -2.35. The highest BCUT2D eigenvalue weighted by atomic mass is 15.4. The molecule has 1 heterocycles. The van der Waals surface area contributed by atoms with E-state index in [0.717, 1.165) is 25.3 Å². The van der Waals surface area contributed by atoms with Gasteiger partial charge < -0.3 is 5.32 Å². The Morgan fingerprint density at radius 1 is 1.58 bits per heavy atom. The highest BCUT2D eigenvalue weighted by molar-refractivity contribution is 5.91. The first-order valence-electron chi connectivity index (χ1n) is 4.47. The van der Waals surface area contributed by atoms with Crippen LogP contribution >= 0.6 is 0 Å². The van der Waals surface area contributed by atoms with Gasteiger partial charge >= 0.3 is 0 Å². The molecule has 0 aromatic rings. The summed E-state index contributed by atoms with van der Waals surface area (Å²) in [6, 6.07) is 0.453. The summed E-state index contributed by atoms with van der Waals surface area (Å²) in [5.41, 5.74) is 4.20. The van der Waals surface area contributed by atoms with E-state index in [1.807, 2.05) is 0 Å². The molecule has 66 valence electrons. The van der Waals surface area contributed by atoms with Gasteiger partial charge in [-0.15, -0.1) is 0 Å². The van der Waals surface area contributed by atoms with E-state index in [1.54, 1.807) is 0 Å². The zero-order valence-electron chi connectivity index (χ0n) is 7.30. The van der Waals surface area contributed by atoms with Crippen LogP contribution in [0.25, 0.3) is 0 Å². The van der Waals surface area contributed by atoms with Gasteiger partial charge in [0.15, 0.2) is 0 Å². The third-order valence-corrected chi connectivity index (χ3v) is 2.16. The van der Waals surface area contributed by atoms with Gasteiger partial charge in [0, 0.05) is 11.8 Å². The standard InChI is InChI=1S/C8H14N4/c1-6-5-9-8(10-6)12-11-7-3-2-4-7/h6H,2-5H2,1H3,(H2,9,10,12). The van der Waals surface area contributed by atoms with Gasteiger partial charge in [0.25, 0.3) is 0 Å². The number of hydrogen-bond donors (Lipinski definition) is 2. The molecule has 4 heteroatoms. The predicted molar refractivity (Wildman–Crippen MR) is 49.3 cm³/mol. The van der Waals surface area contributed by atoms with Crippen LogP contribution in [0.15, 0.2) is 10.1 Å². The fourth-order valence-electron chi connectivity index (χ4n) is 1.20. The molecule has 1 saturated carbocycles. The van der Waals surface area contributed by atoms with E-state index in [2.05, 4.69) is 27.8 Å². The third-order valence-electron chi connectivity index (χ3n) is 2.16. The third kappa shape index (κ3) is 1.57. The number of guanidine groups is 1. The van der Waals surface area contributed by atoms with E-state index >= 15 is 0 Å². The molecule has 0 aromatic heterocycles. The van der Waals surface area contributed by atoms with Crippen LogP contribution in [-0.2, 0) is 0 Å². The second-order valence-electron chi connectivity index (χ2n) is 3.38. The smallest absolute Gasteiger partial charge is 0.212 e. The predicted octanol–water partition coefficient (Wildman–Crippen LogP) is 0.464. The fourth-order valence-corrected chi connectivity index (χ4v) is 1.20. The van der Waals surface area contributed by atoms with Crippen molar-refractivity contribution in [2.75, 3.05) is 6.54 Å². The molecule has 4 nitrogen and oxygen atoms in total. The molecule has 0 spiro atoms. The Hall–Kier alpha value is -1.06. The van der Waals surface area contributed by atoms with Crippen LogP contribution in [0.5, 0.6) is 0 Å². The summed E-state index contributed by atoms with van der Waals surface area (Å²) in [5, 5.41) is 7.41. The normalized spacial score (nSPS) is 27.2. The van der Waals surface area contributed by atoms with Gasteiger partial charge in [0.2, 0.25) is 5.96 Å². The van der Waals surface area contributed by atoms with Crippen molar-refractivity contribution >= 4 is 11.7 Å². The van der Waals surface area contributed by atoms with Crippen LogP contribution in [0.4, 0.5) is 0 Å². The van der Waals surface area contributed by atoms with Crippen molar-refractivity contribution in [3.63, 3.8) is 0 Å². The molecule has 2 rings (SSSR count).